The molecule has 0 unspecified atom stereocenters. The molecule has 22 nitrogen and oxygen atoms in total. The highest BCUT2D eigenvalue weighted by Crippen LogP contribution is 2.13. The average Bonchev–Trinajstić information content (AvgIpc) is 3.78. The van der Waals surface area contributed by atoms with Gasteiger partial charge in [-0.05, 0) is 23.7 Å². The molecule has 2 amide bonds. The van der Waals surface area contributed by atoms with E-state index in [1.54, 1.807) is 31.1 Å². The van der Waals surface area contributed by atoms with Crippen molar-refractivity contribution < 1.29 is 27.1 Å². The van der Waals surface area contributed by atoms with Crippen LogP contribution in [0.15, 0.2) is 24.8 Å². The SMILES string of the molecule is CC(C)Cn1cc(C#N)c(N)n1.CC(C)Cn1cc(C(N)=O)c(N)n1.CC(C)Cn1ncc(C#N)c1N.CC(C)Cn1ncc(C(N)=O)c1N.O=S(=O)(O)O. The molecule has 55 heavy (non-hydrogen) atoms. The molecule has 0 fully saturated rings. The summed E-state index contributed by atoms with van der Waals surface area (Å²) in [6, 6.07) is 3.96. The predicted molar refractivity (Wildman–Crippen MR) is 207 cm³/mol. The van der Waals surface area contributed by atoms with Crippen LogP contribution in [-0.4, -0.2) is 68.5 Å². The Hall–Kier alpha value is -6.17. The summed E-state index contributed by atoms with van der Waals surface area (Å²) >= 11 is 0. The third-order valence-corrected chi connectivity index (χ3v) is 6.29. The van der Waals surface area contributed by atoms with Gasteiger partial charge in [0.2, 0.25) is 0 Å². The fourth-order valence-corrected chi connectivity index (χ4v) is 4.13. The van der Waals surface area contributed by atoms with Crippen LogP contribution in [0.3, 0.4) is 0 Å². The molecule has 0 aromatic carbocycles. The molecule has 4 aromatic heterocycles. The van der Waals surface area contributed by atoms with Gasteiger partial charge in [-0.1, -0.05) is 55.4 Å². The summed E-state index contributed by atoms with van der Waals surface area (Å²) in [6.07, 6.45) is 6.16. The van der Waals surface area contributed by atoms with E-state index in [4.69, 9.17) is 62.4 Å². The zero-order valence-corrected chi connectivity index (χ0v) is 33.1. The largest absolute Gasteiger partial charge is 0.394 e. The molecule has 4 rings (SSSR count). The smallest absolute Gasteiger partial charge is 0.383 e. The Morgan fingerprint density at radius 2 is 1.04 bits per heavy atom. The van der Waals surface area contributed by atoms with Crippen LogP contribution >= 0.6 is 0 Å². The molecule has 0 spiro atoms. The second kappa shape index (κ2) is 22.8. The maximum atomic E-state index is 10.8. The quantitative estimate of drug-likeness (QED) is 0.106. The third kappa shape index (κ3) is 19.5. The van der Waals surface area contributed by atoms with Crippen LogP contribution in [0.5, 0.6) is 0 Å². The summed E-state index contributed by atoms with van der Waals surface area (Å²) < 4.78 is 38.2. The van der Waals surface area contributed by atoms with Crippen molar-refractivity contribution in [1.29, 1.82) is 10.5 Å². The van der Waals surface area contributed by atoms with Crippen LogP contribution in [0, 0.1) is 46.3 Å². The number of hydrogen-bond acceptors (Lipinski definition) is 14. The second-order valence-electron chi connectivity index (χ2n) is 13.5. The van der Waals surface area contributed by atoms with Gasteiger partial charge in [0.25, 0.3) is 11.8 Å². The van der Waals surface area contributed by atoms with Crippen LogP contribution < -0.4 is 34.4 Å². The van der Waals surface area contributed by atoms with Gasteiger partial charge in [0.1, 0.15) is 46.0 Å². The number of carbonyl (C=O) groups is 2. The zero-order valence-electron chi connectivity index (χ0n) is 32.3. The molecule has 23 heteroatoms. The molecule has 0 aliphatic rings. The maximum absolute atomic E-state index is 10.8. The number of carbonyl (C=O) groups excluding carboxylic acids is 2. The van der Waals surface area contributed by atoms with Gasteiger partial charge in [0, 0.05) is 38.6 Å². The van der Waals surface area contributed by atoms with E-state index in [0.29, 0.717) is 69.9 Å². The Bertz CT molecular complexity index is 1980. The number of primary amides is 2. The Labute approximate surface area is 320 Å². The number of rotatable bonds is 10. The van der Waals surface area contributed by atoms with E-state index in [-0.39, 0.29) is 5.82 Å². The van der Waals surface area contributed by atoms with Gasteiger partial charge in [-0.15, -0.1) is 0 Å². The third-order valence-electron chi connectivity index (χ3n) is 6.29. The number of hydrogen-bond donors (Lipinski definition) is 8. The van der Waals surface area contributed by atoms with Crippen LogP contribution in [0.1, 0.15) is 87.2 Å². The molecule has 0 saturated carbocycles. The first kappa shape index (κ1) is 48.8. The van der Waals surface area contributed by atoms with E-state index < -0.39 is 22.2 Å². The lowest BCUT2D eigenvalue weighted by molar-refractivity contribution is 0.0992. The van der Waals surface area contributed by atoms with Gasteiger partial charge in [-0.2, -0.15) is 39.3 Å². The maximum Gasteiger partial charge on any atom is 0.394 e. The Balaban J connectivity index is 0.000000679. The average molecular weight is 791 g/mol. The van der Waals surface area contributed by atoms with E-state index in [9.17, 15) is 9.59 Å². The first-order chi connectivity index (χ1) is 25.3. The Morgan fingerprint density at radius 1 is 0.655 bits per heavy atom. The van der Waals surface area contributed by atoms with Crippen molar-refractivity contribution in [2.45, 2.75) is 81.6 Å². The van der Waals surface area contributed by atoms with Crippen molar-refractivity contribution in [2.24, 2.45) is 35.1 Å². The highest BCUT2D eigenvalue weighted by molar-refractivity contribution is 7.79. The number of amides is 2. The van der Waals surface area contributed by atoms with Crippen molar-refractivity contribution >= 4 is 45.5 Å². The van der Waals surface area contributed by atoms with Crippen molar-refractivity contribution in [3.05, 3.63) is 47.0 Å². The molecule has 4 aromatic rings. The second-order valence-corrected chi connectivity index (χ2v) is 14.4. The number of nitrogens with two attached hydrogens (primary N) is 6. The molecule has 0 radical (unpaired) electrons. The molecular weight excluding hydrogens is 737 g/mol. The normalized spacial score (nSPS) is 10.5. The topological polar surface area (TPSA) is 384 Å². The molecule has 14 N–H and O–H groups in total. The first-order valence-electron chi connectivity index (χ1n) is 16.7. The van der Waals surface area contributed by atoms with Crippen molar-refractivity contribution in [1.82, 2.24) is 39.1 Å². The molecule has 4 heterocycles. The van der Waals surface area contributed by atoms with Crippen molar-refractivity contribution in [2.75, 3.05) is 22.9 Å². The van der Waals surface area contributed by atoms with E-state index in [2.05, 4.69) is 61.9 Å². The van der Waals surface area contributed by atoms with Crippen LogP contribution in [-0.2, 0) is 36.6 Å². The van der Waals surface area contributed by atoms with E-state index in [1.807, 2.05) is 26.0 Å². The van der Waals surface area contributed by atoms with Gasteiger partial charge in [-0.25, -0.2) is 9.36 Å². The number of nitrogen functional groups attached to an aromatic ring is 4. The minimum absolute atomic E-state index is 0.202. The zero-order chi connectivity index (χ0) is 42.8. The van der Waals surface area contributed by atoms with E-state index in [1.165, 1.54) is 12.4 Å². The lowest BCUT2D eigenvalue weighted by Crippen LogP contribution is -2.15. The van der Waals surface area contributed by atoms with Gasteiger partial charge >= 0.3 is 10.4 Å². The van der Waals surface area contributed by atoms with Gasteiger partial charge in [0.05, 0.1) is 12.4 Å². The van der Waals surface area contributed by atoms with Crippen LogP contribution in [0.4, 0.5) is 23.3 Å². The lowest BCUT2D eigenvalue weighted by atomic mass is 10.2. The van der Waals surface area contributed by atoms with Crippen LogP contribution in [0.2, 0.25) is 0 Å². The molecule has 0 bridgehead atoms. The highest BCUT2D eigenvalue weighted by Gasteiger charge is 2.13. The van der Waals surface area contributed by atoms with E-state index >= 15 is 0 Å². The summed E-state index contributed by atoms with van der Waals surface area (Å²) in [7, 11) is -4.67. The van der Waals surface area contributed by atoms with Crippen LogP contribution in [0.25, 0.3) is 0 Å². The van der Waals surface area contributed by atoms with E-state index in [0.717, 1.165) is 19.6 Å². The molecule has 0 aliphatic carbocycles. The summed E-state index contributed by atoms with van der Waals surface area (Å²) in [4.78, 5) is 21.6. The number of anilines is 4. The molecular formula is C32H54N16O6S. The number of aromatic nitrogens is 8. The molecule has 0 saturated heterocycles. The minimum Gasteiger partial charge on any atom is -0.383 e. The predicted octanol–water partition coefficient (Wildman–Crippen LogP) is 1.77. The van der Waals surface area contributed by atoms with Gasteiger partial charge in [0.15, 0.2) is 11.6 Å². The highest BCUT2D eigenvalue weighted by atomic mass is 32.3. The van der Waals surface area contributed by atoms with Gasteiger partial charge in [-0.3, -0.25) is 28.1 Å². The number of nitriles is 2. The molecule has 0 atom stereocenters. The molecule has 304 valence electrons. The van der Waals surface area contributed by atoms with Crippen molar-refractivity contribution in [3.8, 4) is 12.1 Å². The summed E-state index contributed by atoms with van der Waals surface area (Å²) in [5.41, 5.74) is 33.9. The fraction of sp³-hybridized carbons (Fsp3) is 0.500. The number of nitrogens with zero attached hydrogens (tertiary/aromatic N) is 10. The Morgan fingerprint density at radius 3 is 1.36 bits per heavy atom. The first-order valence-corrected chi connectivity index (χ1v) is 18.1. The molecule has 0 aliphatic heterocycles. The standard InChI is InChI=1S/2C8H14N4O.2C8H12N4.H2O4S/c1-5(2)4-12-7(9)6(3-11-12)8(10)13;1-5(2)3-12-4-6(8(10)13)7(9)11-12;1-6(2)5-12-8(10)7(3-9)4-11-12;1-6(2)4-12-5-7(3-9)8(10)11-12;1-5(2,3)4/h3,5H,4,9H2,1-2H3,(H2,10,13);4-5H,3H2,1-2H3,(H2,9,11)(H2,10,13);4,6H,5,10H2,1-2H3;5-6H,4H2,1-2H3,(H2,10,11);(H2,1,2,3,4). The van der Waals surface area contributed by atoms with Crippen molar-refractivity contribution in [3.63, 3.8) is 0 Å². The van der Waals surface area contributed by atoms with Gasteiger partial charge < -0.3 is 34.4 Å². The fourth-order valence-electron chi connectivity index (χ4n) is 4.13. The lowest BCUT2D eigenvalue weighted by Gasteiger charge is -2.06. The Kier molecular flexibility index (Phi) is 20.2. The summed E-state index contributed by atoms with van der Waals surface area (Å²) in [5, 5.41) is 33.1. The summed E-state index contributed by atoms with van der Waals surface area (Å²) in [5.74, 6) is 2.15. The monoisotopic (exact) mass is 790 g/mol. The minimum atomic E-state index is -4.67. The summed E-state index contributed by atoms with van der Waals surface area (Å²) in [6.45, 7) is 19.5.